The van der Waals surface area contributed by atoms with E-state index in [2.05, 4.69) is 6.92 Å². The Labute approximate surface area is 142 Å². The quantitative estimate of drug-likeness (QED) is 0.455. The first-order chi connectivity index (χ1) is 11.5. The molecule has 0 aromatic heterocycles. The summed E-state index contributed by atoms with van der Waals surface area (Å²) in [6, 6.07) is 16.6. The molecule has 24 heavy (non-hydrogen) atoms. The summed E-state index contributed by atoms with van der Waals surface area (Å²) in [4.78, 5) is 14.0. The van der Waals surface area contributed by atoms with Crippen molar-refractivity contribution in [2.75, 3.05) is 14.1 Å². The van der Waals surface area contributed by atoms with Crippen molar-refractivity contribution in [3.8, 4) is 17.6 Å². The predicted octanol–water partition coefficient (Wildman–Crippen LogP) is 4.19. The number of carbonyl (C=O) groups is 1. The summed E-state index contributed by atoms with van der Waals surface area (Å²) in [5, 5.41) is 9.11. The molecule has 0 spiro atoms. The zero-order valence-electron chi connectivity index (χ0n) is 14.1. The second kappa shape index (κ2) is 7.98. The molecule has 0 aliphatic rings. The Hall–Kier alpha value is -3.06. The number of nitriles is 1. The lowest BCUT2D eigenvalue weighted by Crippen LogP contribution is -2.08. The normalized spacial score (nSPS) is 10.8. The van der Waals surface area contributed by atoms with E-state index in [0.717, 1.165) is 12.2 Å². The highest BCUT2D eigenvalue weighted by atomic mass is 16.5. The van der Waals surface area contributed by atoms with Crippen LogP contribution >= 0.6 is 0 Å². The molecular formula is C20H20N2O2. The van der Waals surface area contributed by atoms with Gasteiger partial charge < -0.3 is 9.64 Å². The van der Waals surface area contributed by atoms with Gasteiger partial charge in [0.05, 0.1) is 0 Å². The average Bonchev–Trinajstić information content (AvgIpc) is 2.60. The maximum Gasteiger partial charge on any atom is 0.205 e. The van der Waals surface area contributed by atoms with Gasteiger partial charge >= 0.3 is 0 Å². The maximum atomic E-state index is 12.3. The summed E-state index contributed by atoms with van der Waals surface area (Å²) >= 11 is 0. The lowest BCUT2D eigenvalue weighted by atomic mass is 10.1. The molecule has 2 rings (SSSR count). The zero-order valence-corrected chi connectivity index (χ0v) is 14.1. The number of ether oxygens (including phenoxy) is 1. The minimum atomic E-state index is -0.301. The van der Waals surface area contributed by atoms with Crippen LogP contribution in [-0.2, 0) is 6.42 Å². The van der Waals surface area contributed by atoms with Crippen molar-refractivity contribution < 1.29 is 9.53 Å². The van der Waals surface area contributed by atoms with Crippen LogP contribution in [0.3, 0.4) is 0 Å². The fourth-order valence-electron chi connectivity index (χ4n) is 2.16. The van der Waals surface area contributed by atoms with Crippen molar-refractivity contribution >= 4 is 5.78 Å². The van der Waals surface area contributed by atoms with Gasteiger partial charge in [0.15, 0.2) is 0 Å². The van der Waals surface area contributed by atoms with Gasteiger partial charge in [-0.15, -0.1) is 0 Å². The summed E-state index contributed by atoms with van der Waals surface area (Å²) in [6.07, 6.45) is 2.50. The van der Waals surface area contributed by atoms with Gasteiger partial charge in [0, 0.05) is 25.9 Å². The number of rotatable bonds is 6. The standard InChI is InChI=1S/C20H20N2O2/c1-4-15-5-9-18(10-6-15)24-19-11-7-16(8-12-19)20(23)17(13-21)14-22(2)3/h5-12,14H,4H2,1-3H3. The van der Waals surface area contributed by atoms with E-state index in [1.165, 1.54) is 11.8 Å². The summed E-state index contributed by atoms with van der Waals surface area (Å²) in [5.74, 6) is 1.09. The Kier molecular flexibility index (Phi) is 5.75. The zero-order chi connectivity index (χ0) is 17.5. The second-order valence-electron chi connectivity index (χ2n) is 5.57. The van der Waals surface area contributed by atoms with E-state index in [1.807, 2.05) is 30.3 Å². The molecule has 2 aromatic rings. The van der Waals surface area contributed by atoms with Crippen LogP contribution in [0, 0.1) is 11.3 Å². The van der Waals surface area contributed by atoms with E-state index >= 15 is 0 Å². The molecule has 0 unspecified atom stereocenters. The molecule has 2 aromatic carbocycles. The van der Waals surface area contributed by atoms with E-state index in [1.54, 1.807) is 43.3 Å². The Morgan fingerprint density at radius 1 is 1.08 bits per heavy atom. The number of benzene rings is 2. The third-order valence-corrected chi connectivity index (χ3v) is 3.44. The molecule has 0 heterocycles. The van der Waals surface area contributed by atoms with E-state index in [0.29, 0.717) is 11.3 Å². The molecule has 0 saturated heterocycles. The molecule has 4 nitrogen and oxygen atoms in total. The van der Waals surface area contributed by atoms with Gasteiger partial charge in [-0.25, -0.2) is 0 Å². The van der Waals surface area contributed by atoms with Gasteiger partial charge in [-0.2, -0.15) is 5.26 Å². The smallest absolute Gasteiger partial charge is 0.205 e. The first-order valence-electron chi connectivity index (χ1n) is 7.73. The van der Waals surface area contributed by atoms with Crippen LogP contribution in [0.25, 0.3) is 0 Å². The van der Waals surface area contributed by atoms with Crippen LogP contribution in [0.5, 0.6) is 11.5 Å². The number of Topliss-reactive ketones (excluding diaryl/α,β-unsaturated/α-hetero) is 1. The Morgan fingerprint density at radius 3 is 2.08 bits per heavy atom. The number of aryl methyl sites for hydroxylation is 1. The molecule has 0 radical (unpaired) electrons. The van der Waals surface area contributed by atoms with Gasteiger partial charge in [0.25, 0.3) is 0 Å². The van der Waals surface area contributed by atoms with E-state index in [-0.39, 0.29) is 11.4 Å². The number of hydrogen-bond acceptors (Lipinski definition) is 4. The molecular weight excluding hydrogens is 300 g/mol. The van der Waals surface area contributed by atoms with Gasteiger partial charge in [0.1, 0.15) is 23.1 Å². The van der Waals surface area contributed by atoms with E-state index in [4.69, 9.17) is 10.00 Å². The third kappa shape index (κ3) is 4.47. The van der Waals surface area contributed by atoms with Crippen LogP contribution in [0.15, 0.2) is 60.3 Å². The molecule has 122 valence electrons. The van der Waals surface area contributed by atoms with Crippen LogP contribution in [-0.4, -0.2) is 24.8 Å². The molecule has 0 saturated carbocycles. The molecule has 4 heteroatoms. The lowest BCUT2D eigenvalue weighted by molar-refractivity contribution is 0.103. The number of ketones is 1. The summed E-state index contributed by atoms with van der Waals surface area (Å²) in [7, 11) is 3.54. The Bertz CT molecular complexity index is 767. The van der Waals surface area contributed by atoms with Crippen molar-refractivity contribution in [1.29, 1.82) is 5.26 Å². The van der Waals surface area contributed by atoms with Crippen molar-refractivity contribution in [3.63, 3.8) is 0 Å². The van der Waals surface area contributed by atoms with Gasteiger partial charge in [-0.3, -0.25) is 4.79 Å². The van der Waals surface area contributed by atoms with Crippen LogP contribution in [0.4, 0.5) is 0 Å². The van der Waals surface area contributed by atoms with Gasteiger partial charge in [-0.05, 0) is 48.4 Å². The summed E-state index contributed by atoms with van der Waals surface area (Å²) in [5.41, 5.74) is 1.81. The predicted molar refractivity (Wildman–Crippen MR) is 94.0 cm³/mol. The Balaban J connectivity index is 2.12. The first kappa shape index (κ1) is 17.3. The molecule has 0 N–H and O–H groups in total. The molecule has 0 bridgehead atoms. The highest BCUT2D eigenvalue weighted by Gasteiger charge is 2.12. The molecule has 0 aliphatic carbocycles. The molecule has 0 fully saturated rings. The van der Waals surface area contributed by atoms with Crippen LogP contribution in [0.2, 0.25) is 0 Å². The fraction of sp³-hybridized carbons (Fsp3) is 0.200. The van der Waals surface area contributed by atoms with Crippen molar-refractivity contribution in [2.45, 2.75) is 13.3 Å². The second-order valence-corrected chi connectivity index (χ2v) is 5.57. The minimum absolute atomic E-state index is 0.101. The maximum absolute atomic E-state index is 12.3. The largest absolute Gasteiger partial charge is 0.457 e. The third-order valence-electron chi connectivity index (χ3n) is 3.44. The lowest BCUT2D eigenvalue weighted by Gasteiger charge is -2.08. The summed E-state index contributed by atoms with van der Waals surface area (Å²) in [6.45, 7) is 2.10. The van der Waals surface area contributed by atoms with Crippen molar-refractivity contribution in [1.82, 2.24) is 4.90 Å². The van der Waals surface area contributed by atoms with Gasteiger partial charge in [-0.1, -0.05) is 19.1 Å². The molecule has 0 atom stereocenters. The van der Waals surface area contributed by atoms with Crippen molar-refractivity contribution in [3.05, 3.63) is 71.4 Å². The number of carbonyl (C=O) groups excluding carboxylic acids is 1. The van der Waals surface area contributed by atoms with Crippen molar-refractivity contribution in [2.24, 2.45) is 0 Å². The highest BCUT2D eigenvalue weighted by Crippen LogP contribution is 2.23. The Morgan fingerprint density at radius 2 is 1.62 bits per heavy atom. The van der Waals surface area contributed by atoms with E-state index in [9.17, 15) is 4.79 Å². The number of allylic oxidation sites excluding steroid dienone is 1. The highest BCUT2D eigenvalue weighted by molar-refractivity contribution is 6.11. The monoisotopic (exact) mass is 320 g/mol. The topological polar surface area (TPSA) is 53.3 Å². The van der Waals surface area contributed by atoms with Crippen LogP contribution < -0.4 is 4.74 Å². The molecule has 0 amide bonds. The van der Waals surface area contributed by atoms with Gasteiger partial charge in [0.2, 0.25) is 5.78 Å². The number of hydrogen-bond donors (Lipinski definition) is 0. The fourth-order valence-corrected chi connectivity index (χ4v) is 2.16. The molecule has 0 aliphatic heterocycles. The van der Waals surface area contributed by atoms with Crippen LogP contribution in [0.1, 0.15) is 22.8 Å². The number of nitrogens with zero attached hydrogens (tertiary/aromatic N) is 2. The average molecular weight is 320 g/mol. The SMILES string of the molecule is CCc1ccc(Oc2ccc(C(=O)C(C#N)=CN(C)C)cc2)cc1. The first-order valence-corrected chi connectivity index (χ1v) is 7.73. The van der Waals surface area contributed by atoms with E-state index < -0.39 is 0 Å². The summed E-state index contributed by atoms with van der Waals surface area (Å²) < 4.78 is 5.76. The minimum Gasteiger partial charge on any atom is -0.457 e.